The Labute approximate surface area is 256 Å². The number of nitrogens with zero attached hydrogens (tertiary/aromatic N) is 5. The Morgan fingerprint density at radius 2 is 1.67 bits per heavy atom. The summed E-state index contributed by atoms with van der Waals surface area (Å²) in [5.41, 5.74) is 5.21. The number of fused-ring (bicyclic) bond motifs is 2. The fourth-order valence-electron chi connectivity index (χ4n) is 5.61. The number of amides is 1. The van der Waals surface area contributed by atoms with E-state index in [1.165, 1.54) is 27.1 Å². The second kappa shape index (κ2) is 11.3. The predicted octanol–water partition coefficient (Wildman–Crippen LogP) is 7.40. The number of halogens is 1. The van der Waals surface area contributed by atoms with Crippen molar-refractivity contribution >= 4 is 50.3 Å². The molecule has 214 valence electrons. The van der Waals surface area contributed by atoms with Crippen LogP contribution < -0.4 is 0 Å². The van der Waals surface area contributed by atoms with E-state index in [4.69, 9.17) is 16.6 Å². The molecular formula is C33H26ClN5O3S. The zero-order valence-corrected chi connectivity index (χ0v) is 24.6. The molecule has 1 aliphatic heterocycles. The lowest BCUT2D eigenvalue weighted by molar-refractivity contribution is -0.384. The van der Waals surface area contributed by atoms with Gasteiger partial charge in [0.15, 0.2) is 0 Å². The number of carbonyl (C=O) groups is 1. The number of aromatic nitrogens is 2. The normalized spacial score (nSPS) is 14.0. The minimum absolute atomic E-state index is 0.0816. The Morgan fingerprint density at radius 3 is 2.44 bits per heavy atom. The van der Waals surface area contributed by atoms with Gasteiger partial charge in [-0.15, -0.1) is 11.3 Å². The molecule has 0 N–H and O–H groups in total. The zero-order chi connectivity index (χ0) is 29.5. The van der Waals surface area contributed by atoms with E-state index in [1.54, 1.807) is 28.4 Å². The lowest BCUT2D eigenvalue weighted by Crippen LogP contribution is -2.48. The molecule has 4 heterocycles. The summed E-state index contributed by atoms with van der Waals surface area (Å²) in [6.07, 6.45) is 2.17. The number of hydrogen-bond donors (Lipinski definition) is 0. The van der Waals surface area contributed by atoms with Crippen LogP contribution in [0.4, 0.5) is 5.69 Å². The molecule has 1 amide bonds. The van der Waals surface area contributed by atoms with Crippen LogP contribution in [0.2, 0.25) is 5.02 Å². The molecule has 7 rings (SSSR count). The van der Waals surface area contributed by atoms with Crippen LogP contribution in [-0.4, -0.2) is 56.2 Å². The number of piperazine rings is 1. The zero-order valence-electron chi connectivity index (χ0n) is 23.0. The Kier molecular flexibility index (Phi) is 7.14. The van der Waals surface area contributed by atoms with E-state index in [2.05, 4.69) is 58.0 Å². The van der Waals surface area contributed by atoms with E-state index in [1.807, 2.05) is 24.3 Å². The number of non-ortho nitro benzene ring substituents is 1. The van der Waals surface area contributed by atoms with Gasteiger partial charge in [0.25, 0.3) is 11.6 Å². The molecule has 0 unspecified atom stereocenters. The monoisotopic (exact) mass is 607 g/mol. The minimum atomic E-state index is -0.477. The molecule has 0 aliphatic carbocycles. The molecule has 1 fully saturated rings. The quantitative estimate of drug-likeness (QED) is 0.145. The van der Waals surface area contributed by atoms with Gasteiger partial charge in [-0.2, -0.15) is 0 Å². The summed E-state index contributed by atoms with van der Waals surface area (Å²) in [5, 5.41) is 13.1. The van der Waals surface area contributed by atoms with Crippen LogP contribution in [-0.2, 0) is 6.54 Å². The number of benzene rings is 3. The van der Waals surface area contributed by atoms with Gasteiger partial charge in [0.1, 0.15) is 5.65 Å². The second-order valence-corrected chi connectivity index (χ2v) is 12.1. The maximum absolute atomic E-state index is 13.1. The third-order valence-electron chi connectivity index (χ3n) is 7.88. The Bertz CT molecular complexity index is 1960. The van der Waals surface area contributed by atoms with E-state index < -0.39 is 4.92 Å². The Morgan fingerprint density at radius 1 is 0.907 bits per heavy atom. The molecule has 0 radical (unpaired) electrons. The van der Waals surface area contributed by atoms with Crippen LogP contribution in [0.1, 0.15) is 16.1 Å². The van der Waals surface area contributed by atoms with Gasteiger partial charge < -0.3 is 9.30 Å². The average Bonchev–Trinajstić information content (AvgIpc) is 3.63. The number of nitro benzene ring substituents is 1. The molecule has 0 bridgehead atoms. The summed E-state index contributed by atoms with van der Waals surface area (Å²) in [7, 11) is 0. The van der Waals surface area contributed by atoms with Crippen molar-refractivity contribution in [2.24, 2.45) is 0 Å². The summed E-state index contributed by atoms with van der Waals surface area (Å²) in [6, 6.07) is 28.5. The van der Waals surface area contributed by atoms with Crippen LogP contribution in [0.5, 0.6) is 0 Å². The molecule has 10 heteroatoms. The standard InChI is InChI=1S/C33H26ClN5O3S/c34-26-11-8-22(9-12-26)32-28(21-36-14-16-37(17-15-36)33(40)24-5-3-6-27(18-24)39(41)42)38-20-25(10-13-31(38)35-32)30-19-23-4-1-2-7-29(23)43-30/h1-13,18-20H,14-17,21H2. The van der Waals surface area contributed by atoms with E-state index in [9.17, 15) is 14.9 Å². The first kappa shape index (κ1) is 27.3. The Hall–Kier alpha value is -4.57. The number of thiophene rings is 1. The molecule has 3 aromatic carbocycles. The van der Waals surface area contributed by atoms with Gasteiger partial charge in [0, 0.05) is 82.3 Å². The van der Waals surface area contributed by atoms with Gasteiger partial charge in [-0.05, 0) is 47.9 Å². The summed E-state index contributed by atoms with van der Waals surface area (Å²) < 4.78 is 3.44. The first-order valence-corrected chi connectivity index (χ1v) is 15.1. The number of pyridine rings is 1. The van der Waals surface area contributed by atoms with Gasteiger partial charge in [-0.25, -0.2) is 4.98 Å². The highest BCUT2D eigenvalue weighted by Crippen LogP contribution is 2.35. The molecular weight excluding hydrogens is 582 g/mol. The van der Waals surface area contributed by atoms with Crippen molar-refractivity contribution in [3.05, 3.63) is 124 Å². The summed E-state index contributed by atoms with van der Waals surface area (Å²) in [5.74, 6) is -0.187. The van der Waals surface area contributed by atoms with Crippen molar-refractivity contribution in [3.8, 4) is 21.7 Å². The molecule has 0 atom stereocenters. The number of carbonyl (C=O) groups excluding carboxylic acids is 1. The van der Waals surface area contributed by atoms with Crippen molar-refractivity contribution in [3.63, 3.8) is 0 Å². The van der Waals surface area contributed by atoms with Crippen LogP contribution in [0.15, 0.2) is 97.2 Å². The van der Waals surface area contributed by atoms with Gasteiger partial charge in [-0.1, -0.05) is 48.0 Å². The van der Waals surface area contributed by atoms with Crippen LogP contribution in [0.3, 0.4) is 0 Å². The van der Waals surface area contributed by atoms with E-state index in [-0.39, 0.29) is 11.6 Å². The SMILES string of the molecule is O=C(c1cccc([N+](=O)[O-])c1)N1CCN(Cc2c(-c3ccc(Cl)cc3)nc3ccc(-c4cc5ccccc5s4)cn23)CC1. The molecule has 43 heavy (non-hydrogen) atoms. The van der Waals surface area contributed by atoms with Crippen molar-refractivity contribution in [1.29, 1.82) is 0 Å². The van der Waals surface area contributed by atoms with Crippen molar-refractivity contribution < 1.29 is 9.72 Å². The smallest absolute Gasteiger partial charge is 0.270 e. The van der Waals surface area contributed by atoms with Gasteiger partial charge in [-0.3, -0.25) is 19.8 Å². The van der Waals surface area contributed by atoms with Crippen molar-refractivity contribution in [2.45, 2.75) is 6.54 Å². The van der Waals surface area contributed by atoms with Crippen LogP contribution in [0, 0.1) is 10.1 Å². The molecule has 8 nitrogen and oxygen atoms in total. The Balaban J connectivity index is 1.18. The van der Waals surface area contributed by atoms with Gasteiger partial charge in [0.05, 0.1) is 16.3 Å². The van der Waals surface area contributed by atoms with Crippen LogP contribution in [0.25, 0.3) is 37.4 Å². The number of nitro groups is 1. The maximum atomic E-state index is 13.1. The number of imidazole rings is 1. The van der Waals surface area contributed by atoms with Crippen molar-refractivity contribution in [2.75, 3.05) is 26.2 Å². The largest absolute Gasteiger partial charge is 0.336 e. The molecule has 1 saturated heterocycles. The van der Waals surface area contributed by atoms with E-state index >= 15 is 0 Å². The summed E-state index contributed by atoms with van der Waals surface area (Å²) >= 11 is 7.98. The molecule has 0 saturated carbocycles. The predicted molar refractivity (Wildman–Crippen MR) is 171 cm³/mol. The highest BCUT2D eigenvalue weighted by molar-refractivity contribution is 7.22. The van der Waals surface area contributed by atoms with E-state index in [0.717, 1.165) is 28.2 Å². The number of rotatable bonds is 6. The third kappa shape index (κ3) is 5.38. The lowest BCUT2D eigenvalue weighted by atomic mass is 10.1. The highest BCUT2D eigenvalue weighted by atomic mass is 35.5. The number of hydrogen-bond acceptors (Lipinski definition) is 6. The fraction of sp³-hybridized carbons (Fsp3) is 0.152. The topological polar surface area (TPSA) is 84.0 Å². The first-order chi connectivity index (χ1) is 20.9. The maximum Gasteiger partial charge on any atom is 0.270 e. The van der Waals surface area contributed by atoms with Crippen LogP contribution >= 0.6 is 22.9 Å². The van der Waals surface area contributed by atoms with Gasteiger partial charge in [0.2, 0.25) is 0 Å². The fourth-order valence-corrected chi connectivity index (χ4v) is 6.79. The molecule has 6 aromatic rings. The summed E-state index contributed by atoms with van der Waals surface area (Å²) in [4.78, 5) is 34.2. The van der Waals surface area contributed by atoms with Crippen molar-refractivity contribution in [1.82, 2.24) is 19.2 Å². The summed E-state index contributed by atoms with van der Waals surface area (Å²) in [6.45, 7) is 3.05. The highest BCUT2D eigenvalue weighted by Gasteiger charge is 2.25. The van der Waals surface area contributed by atoms with Gasteiger partial charge >= 0.3 is 0 Å². The average molecular weight is 608 g/mol. The molecule has 3 aromatic heterocycles. The first-order valence-electron chi connectivity index (χ1n) is 13.9. The second-order valence-electron chi connectivity index (χ2n) is 10.6. The third-order valence-corrected chi connectivity index (χ3v) is 9.30. The molecule has 0 spiro atoms. The van der Waals surface area contributed by atoms with E-state index in [0.29, 0.717) is 43.3 Å². The molecule has 1 aliphatic rings. The lowest BCUT2D eigenvalue weighted by Gasteiger charge is -2.34. The minimum Gasteiger partial charge on any atom is -0.336 e.